The van der Waals surface area contributed by atoms with Gasteiger partial charge >= 0.3 is 0 Å². The molecule has 0 spiro atoms. The summed E-state index contributed by atoms with van der Waals surface area (Å²) >= 11 is 1.53. The van der Waals surface area contributed by atoms with Crippen LogP contribution in [0.5, 0.6) is 0 Å². The molecule has 3 heterocycles. The van der Waals surface area contributed by atoms with Crippen molar-refractivity contribution in [1.29, 1.82) is 0 Å². The highest BCUT2D eigenvalue weighted by Crippen LogP contribution is 2.36. The number of hydrogen-bond donors (Lipinski definition) is 1. The van der Waals surface area contributed by atoms with Crippen LogP contribution in [0.1, 0.15) is 0 Å². The minimum atomic E-state index is 0.000558. The third-order valence-corrected chi connectivity index (χ3v) is 3.95. The number of para-hydroxylation sites is 2. The molecule has 3 aromatic rings. The maximum absolute atomic E-state index is 11.9. The first-order valence-corrected chi connectivity index (χ1v) is 6.54. The van der Waals surface area contributed by atoms with Crippen LogP contribution < -0.4 is 5.32 Å². The fourth-order valence-electron chi connectivity index (χ4n) is 2.33. The summed E-state index contributed by atoms with van der Waals surface area (Å²) in [6.45, 7) is 0.317. The number of imidazole rings is 1. The largest absolute Gasteiger partial charge is 0.316 e. The molecule has 0 fully saturated rings. The van der Waals surface area contributed by atoms with Gasteiger partial charge in [0, 0.05) is 0 Å². The van der Waals surface area contributed by atoms with Gasteiger partial charge in [0.15, 0.2) is 0 Å². The molecule has 0 aliphatic carbocycles. The van der Waals surface area contributed by atoms with Gasteiger partial charge in [-0.3, -0.25) is 4.79 Å². The zero-order valence-corrected chi connectivity index (χ0v) is 10.2. The van der Waals surface area contributed by atoms with Crippen molar-refractivity contribution in [2.75, 3.05) is 5.32 Å². The molecule has 1 amide bonds. The Bertz CT molecular complexity index is 771. The van der Waals surface area contributed by atoms with Gasteiger partial charge < -0.3 is 9.88 Å². The lowest BCUT2D eigenvalue weighted by Crippen LogP contribution is -2.15. The van der Waals surface area contributed by atoms with Crippen LogP contribution in [0.25, 0.3) is 22.4 Å². The molecule has 1 N–H and O–H groups in total. The lowest BCUT2D eigenvalue weighted by atomic mass is 10.3. The standard InChI is InChI=1S/C13H9N3OS/c17-11-7-16-10-4-2-1-3-9(10)14-12(16)8-5-6-18-13(8)15-11/h1-6H,7H2,(H,15,17). The quantitative estimate of drug-likeness (QED) is 0.671. The SMILES string of the molecule is O=C1Cn2c(nc3ccccc32)-c2ccsc2N1. The van der Waals surface area contributed by atoms with Crippen LogP contribution >= 0.6 is 11.3 Å². The van der Waals surface area contributed by atoms with Crippen LogP contribution in [0.3, 0.4) is 0 Å². The Labute approximate surface area is 107 Å². The molecule has 0 atom stereocenters. The predicted molar refractivity (Wildman–Crippen MR) is 71.7 cm³/mol. The summed E-state index contributed by atoms with van der Waals surface area (Å²) in [4.78, 5) is 16.5. The first-order chi connectivity index (χ1) is 8.83. The number of hydrogen-bond acceptors (Lipinski definition) is 3. The van der Waals surface area contributed by atoms with Gasteiger partial charge in [0.2, 0.25) is 5.91 Å². The van der Waals surface area contributed by atoms with Crippen LogP contribution in [-0.2, 0) is 11.3 Å². The number of anilines is 1. The van der Waals surface area contributed by atoms with Gasteiger partial charge in [0.25, 0.3) is 0 Å². The molecule has 0 bridgehead atoms. The molecule has 5 heteroatoms. The van der Waals surface area contributed by atoms with Gasteiger partial charge in [-0.1, -0.05) is 12.1 Å². The molecule has 1 aromatic carbocycles. The highest BCUT2D eigenvalue weighted by Gasteiger charge is 2.22. The number of aromatic nitrogens is 2. The van der Waals surface area contributed by atoms with Gasteiger partial charge in [-0.05, 0) is 23.6 Å². The number of benzene rings is 1. The number of thiophene rings is 1. The molecule has 88 valence electrons. The topological polar surface area (TPSA) is 46.9 Å². The zero-order valence-electron chi connectivity index (χ0n) is 9.38. The summed E-state index contributed by atoms with van der Waals surface area (Å²) in [6.07, 6.45) is 0. The fourth-order valence-corrected chi connectivity index (χ4v) is 3.13. The van der Waals surface area contributed by atoms with Crippen LogP contribution in [-0.4, -0.2) is 15.5 Å². The highest BCUT2D eigenvalue weighted by molar-refractivity contribution is 7.15. The lowest BCUT2D eigenvalue weighted by Gasteiger charge is -2.02. The smallest absolute Gasteiger partial charge is 0.245 e. The second-order valence-corrected chi connectivity index (χ2v) is 5.14. The van der Waals surface area contributed by atoms with E-state index in [9.17, 15) is 4.79 Å². The minimum Gasteiger partial charge on any atom is -0.316 e. The number of carbonyl (C=O) groups is 1. The summed E-state index contributed by atoms with van der Waals surface area (Å²) in [7, 11) is 0. The zero-order chi connectivity index (χ0) is 12.1. The first kappa shape index (κ1) is 9.85. The number of rotatable bonds is 0. The summed E-state index contributed by atoms with van der Waals surface area (Å²) in [5, 5.41) is 5.77. The van der Waals surface area contributed by atoms with E-state index < -0.39 is 0 Å². The van der Waals surface area contributed by atoms with Gasteiger partial charge in [-0.15, -0.1) is 11.3 Å². The molecule has 1 aliphatic rings. The molecule has 0 saturated heterocycles. The monoisotopic (exact) mass is 255 g/mol. The summed E-state index contributed by atoms with van der Waals surface area (Å²) in [5.41, 5.74) is 2.93. The Balaban J connectivity index is 2.12. The molecule has 18 heavy (non-hydrogen) atoms. The lowest BCUT2D eigenvalue weighted by molar-refractivity contribution is -0.116. The van der Waals surface area contributed by atoms with Crippen molar-refractivity contribution in [3.8, 4) is 11.4 Å². The van der Waals surface area contributed by atoms with Crippen molar-refractivity contribution in [2.24, 2.45) is 0 Å². The molecule has 0 unspecified atom stereocenters. The number of nitrogens with zero attached hydrogens (tertiary/aromatic N) is 2. The maximum Gasteiger partial charge on any atom is 0.245 e. The van der Waals surface area contributed by atoms with E-state index in [1.54, 1.807) is 0 Å². The van der Waals surface area contributed by atoms with Crippen molar-refractivity contribution in [2.45, 2.75) is 6.54 Å². The van der Waals surface area contributed by atoms with Crippen LogP contribution in [0.2, 0.25) is 0 Å². The Hall–Kier alpha value is -2.14. The van der Waals surface area contributed by atoms with E-state index in [0.717, 1.165) is 27.4 Å². The highest BCUT2D eigenvalue weighted by atomic mass is 32.1. The van der Waals surface area contributed by atoms with Crippen molar-refractivity contribution >= 4 is 33.3 Å². The van der Waals surface area contributed by atoms with E-state index in [1.165, 1.54) is 11.3 Å². The van der Waals surface area contributed by atoms with E-state index in [1.807, 2.05) is 40.3 Å². The summed E-state index contributed by atoms with van der Waals surface area (Å²) in [5.74, 6) is 0.867. The molecule has 0 saturated carbocycles. The van der Waals surface area contributed by atoms with Crippen molar-refractivity contribution in [1.82, 2.24) is 9.55 Å². The van der Waals surface area contributed by atoms with E-state index in [2.05, 4.69) is 10.3 Å². The average Bonchev–Trinajstić information content (AvgIpc) is 2.92. The Morgan fingerprint density at radius 2 is 2.17 bits per heavy atom. The summed E-state index contributed by atoms with van der Waals surface area (Å²) in [6, 6.07) is 9.90. The van der Waals surface area contributed by atoms with Gasteiger partial charge in [0.1, 0.15) is 17.4 Å². The number of fused-ring (bicyclic) bond motifs is 5. The Morgan fingerprint density at radius 3 is 3.11 bits per heavy atom. The van der Waals surface area contributed by atoms with Gasteiger partial charge in [0.05, 0.1) is 16.6 Å². The molecular weight excluding hydrogens is 246 g/mol. The average molecular weight is 255 g/mol. The second kappa shape index (κ2) is 3.43. The molecule has 2 aromatic heterocycles. The maximum atomic E-state index is 11.9. The van der Waals surface area contributed by atoms with Crippen molar-refractivity contribution in [3.05, 3.63) is 35.7 Å². The van der Waals surface area contributed by atoms with Crippen LogP contribution in [0.15, 0.2) is 35.7 Å². The van der Waals surface area contributed by atoms with E-state index in [4.69, 9.17) is 0 Å². The third kappa shape index (κ3) is 1.25. The minimum absolute atomic E-state index is 0.000558. The summed E-state index contributed by atoms with van der Waals surface area (Å²) < 4.78 is 1.98. The fraction of sp³-hybridized carbons (Fsp3) is 0.0769. The molecule has 4 rings (SSSR count). The molecule has 1 aliphatic heterocycles. The van der Waals surface area contributed by atoms with Gasteiger partial charge in [-0.2, -0.15) is 0 Å². The van der Waals surface area contributed by atoms with E-state index in [0.29, 0.717) is 6.54 Å². The predicted octanol–water partition coefficient (Wildman–Crippen LogP) is 2.72. The third-order valence-electron chi connectivity index (χ3n) is 3.12. The van der Waals surface area contributed by atoms with Crippen molar-refractivity contribution in [3.63, 3.8) is 0 Å². The Morgan fingerprint density at radius 1 is 1.28 bits per heavy atom. The van der Waals surface area contributed by atoms with Gasteiger partial charge in [-0.25, -0.2) is 4.98 Å². The second-order valence-electron chi connectivity index (χ2n) is 4.22. The first-order valence-electron chi connectivity index (χ1n) is 5.66. The van der Waals surface area contributed by atoms with Crippen LogP contribution in [0.4, 0.5) is 5.00 Å². The van der Waals surface area contributed by atoms with E-state index in [-0.39, 0.29) is 5.91 Å². The van der Waals surface area contributed by atoms with E-state index >= 15 is 0 Å². The van der Waals surface area contributed by atoms with Crippen molar-refractivity contribution < 1.29 is 4.79 Å². The molecular formula is C13H9N3OS. The normalized spacial score (nSPS) is 13.9. The number of carbonyl (C=O) groups excluding carboxylic acids is 1. The molecule has 4 nitrogen and oxygen atoms in total. The number of amides is 1. The van der Waals surface area contributed by atoms with Crippen LogP contribution in [0, 0.1) is 0 Å². The molecule has 0 radical (unpaired) electrons. The number of nitrogens with one attached hydrogen (secondary N) is 1. The Kier molecular flexibility index (Phi) is 1.87.